The summed E-state index contributed by atoms with van der Waals surface area (Å²) in [4.78, 5) is 25.0. The van der Waals surface area contributed by atoms with Crippen molar-refractivity contribution in [2.45, 2.75) is 6.92 Å². The molecule has 1 N–H and O–H groups in total. The van der Waals surface area contributed by atoms with E-state index in [9.17, 15) is 18.0 Å². The van der Waals surface area contributed by atoms with E-state index in [1.54, 1.807) is 12.1 Å². The van der Waals surface area contributed by atoms with Crippen LogP contribution in [0.15, 0.2) is 40.9 Å². The molecule has 0 fully saturated rings. The molecule has 0 aromatic heterocycles. The number of Topliss-reactive ketones (excluding diaryl/α,β-unsaturated/α-hetero) is 2. The number of carbonyl (C=O) groups excluding carboxylic acids is 2. The zero-order chi connectivity index (χ0) is 16.4. The maximum Gasteiger partial charge on any atom is 0.211 e. The summed E-state index contributed by atoms with van der Waals surface area (Å²) >= 11 is 0. The molecule has 2 aromatic rings. The number of fused-ring (bicyclic) bond motifs is 2. The fourth-order valence-electron chi connectivity index (χ4n) is 3.14. The summed E-state index contributed by atoms with van der Waals surface area (Å²) in [5.74, 6) is -1.20. The highest BCUT2D eigenvalue weighted by Crippen LogP contribution is 2.33. The topological polar surface area (TPSA) is 80.3 Å². The first-order valence-corrected chi connectivity index (χ1v) is 8.88. The minimum atomic E-state index is -3.72. The zero-order valence-electron chi connectivity index (χ0n) is 12.3. The van der Waals surface area contributed by atoms with E-state index in [0.717, 1.165) is 16.3 Å². The van der Waals surface area contributed by atoms with Gasteiger partial charge in [-0.1, -0.05) is 23.8 Å². The van der Waals surface area contributed by atoms with Gasteiger partial charge in [0.15, 0.2) is 9.84 Å². The van der Waals surface area contributed by atoms with Crippen LogP contribution in [0.3, 0.4) is 0 Å². The minimum Gasteiger partial charge on any atom is -0.380 e. The summed E-state index contributed by atoms with van der Waals surface area (Å²) in [7, 11) is -3.72. The molecule has 1 aliphatic heterocycles. The molecule has 2 aromatic carbocycles. The number of hydrogen-bond donors (Lipinski definition) is 1. The Bertz CT molecular complexity index is 1050. The molecule has 4 rings (SSSR count). The van der Waals surface area contributed by atoms with Gasteiger partial charge in [-0.3, -0.25) is 9.59 Å². The molecule has 23 heavy (non-hydrogen) atoms. The molecule has 0 bridgehead atoms. The fraction of sp³-hybridized carbons (Fsp3) is 0.176. The highest BCUT2D eigenvalue weighted by atomic mass is 32.2. The van der Waals surface area contributed by atoms with Crippen molar-refractivity contribution in [2.75, 3.05) is 12.3 Å². The normalized spacial score (nSPS) is 19.3. The van der Waals surface area contributed by atoms with Crippen LogP contribution in [0.2, 0.25) is 0 Å². The lowest BCUT2D eigenvalue weighted by Crippen LogP contribution is -2.40. The average Bonchev–Trinajstić information content (AvgIpc) is 2.50. The lowest BCUT2D eigenvalue weighted by Gasteiger charge is -2.25. The Kier molecular flexibility index (Phi) is 2.78. The molecular formula is C17H13NO4S. The second-order valence-corrected chi connectivity index (χ2v) is 7.90. The molecule has 0 radical (unpaired) electrons. The van der Waals surface area contributed by atoms with Crippen molar-refractivity contribution in [1.29, 1.82) is 0 Å². The molecule has 2 aliphatic rings. The summed E-state index contributed by atoms with van der Waals surface area (Å²) in [5, 5.41) is 4.45. The number of ketones is 2. The van der Waals surface area contributed by atoms with Crippen LogP contribution in [0.1, 0.15) is 26.3 Å². The van der Waals surface area contributed by atoms with Crippen LogP contribution in [0.4, 0.5) is 0 Å². The van der Waals surface area contributed by atoms with E-state index in [2.05, 4.69) is 5.32 Å². The van der Waals surface area contributed by atoms with Crippen LogP contribution in [0.25, 0.3) is 10.8 Å². The zero-order valence-corrected chi connectivity index (χ0v) is 13.2. The Balaban J connectivity index is 2.04. The number of sulfone groups is 1. The molecule has 0 saturated heterocycles. The monoisotopic (exact) mass is 327 g/mol. The molecule has 1 heterocycles. The van der Waals surface area contributed by atoms with Gasteiger partial charge in [-0.15, -0.1) is 0 Å². The maximum atomic E-state index is 12.7. The van der Waals surface area contributed by atoms with E-state index in [4.69, 9.17) is 0 Å². The Morgan fingerprint density at radius 1 is 0.957 bits per heavy atom. The Morgan fingerprint density at radius 3 is 2.43 bits per heavy atom. The highest BCUT2D eigenvalue weighted by molar-refractivity contribution is 7.96. The van der Waals surface area contributed by atoms with Gasteiger partial charge in [-0.25, -0.2) is 8.42 Å². The van der Waals surface area contributed by atoms with Crippen LogP contribution >= 0.6 is 0 Å². The molecular weight excluding hydrogens is 314 g/mol. The first-order chi connectivity index (χ1) is 10.9. The summed E-state index contributed by atoms with van der Waals surface area (Å²) in [6.45, 7) is 2.09. The van der Waals surface area contributed by atoms with Crippen molar-refractivity contribution in [3.05, 3.63) is 57.6 Å². The second-order valence-electron chi connectivity index (χ2n) is 5.86. The van der Waals surface area contributed by atoms with Crippen molar-refractivity contribution in [3.63, 3.8) is 0 Å². The standard InChI is InChI=1S/C17H13NO4S/c1-9-2-3-10-7-13-12(8-11(10)6-9)15(19)14-17(16(13)20)23(21,22)5-4-18-14/h2-3,6-8,18H,4-5H2,1H3. The molecule has 6 heteroatoms. The van der Waals surface area contributed by atoms with Gasteiger partial charge in [-0.05, 0) is 29.8 Å². The van der Waals surface area contributed by atoms with Gasteiger partial charge in [0.1, 0.15) is 10.6 Å². The van der Waals surface area contributed by atoms with Gasteiger partial charge in [0, 0.05) is 17.7 Å². The van der Waals surface area contributed by atoms with Crippen LogP contribution in [-0.2, 0) is 9.84 Å². The maximum absolute atomic E-state index is 12.7. The molecule has 5 nitrogen and oxygen atoms in total. The Labute approximate surface area is 132 Å². The van der Waals surface area contributed by atoms with Crippen LogP contribution in [0.5, 0.6) is 0 Å². The predicted octanol–water partition coefficient (Wildman–Crippen LogP) is 1.76. The minimum absolute atomic E-state index is 0.0826. The van der Waals surface area contributed by atoms with Gasteiger partial charge in [0.25, 0.3) is 0 Å². The van der Waals surface area contributed by atoms with Gasteiger partial charge in [0.05, 0.1) is 5.75 Å². The molecule has 0 atom stereocenters. The second kappa shape index (κ2) is 4.52. The van der Waals surface area contributed by atoms with Crippen molar-refractivity contribution >= 4 is 32.2 Å². The van der Waals surface area contributed by atoms with Crippen LogP contribution in [0, 0.1) is 6.92 Å². The number of nitrogens with one attached hydrogen (secondary N) is 1. The third kappa shape index (κ3) is 1.95. The number of allylic oxidation sites excluding steroid dienone is 2. The van der Waals surface area contributed by atoms with Gasteiger partial charge >= 0.3 is 0 Å². The third-order valence-electron chi connectivity index (χ3n) is 4.27. The van der Waals surface area contributed by atoms with E-state index < -0.39 is 21.4 Å². The van der Waals surface area contributed by atoms with Gasteiger partial charge in [0.2, 0.25) is 11.6 Å². The molecule has 116 valence electrons. The average molecular weight is 327 g/mol. The van der Waals surface area contributed by atoms with E-state index >= 15 is 0 Å². The number of aryl methyl sites for hydroxylation is 1. The quantitative estimate of drug-likeness (QED) is 0.797. The molecule has 0 unspecified atom stereocenters. The van der Waals surface area contributed by atoms with Crippen LogP contribution < -0.4 is 5.32 Å². The van der Waals surface area contributed by atoms with Crippen molar-refractivity contribution in [1.82, 2.24) is 5.32 Å². The van der Waals surface area contributed by atoms with E-state index in [1.807, 2.05) is 25.1 Å². The largest absolute Gasteiger partial charge is 0.380 e. The lowest BCUT2D eigenvalue weighted by atomic mass is 9.89. The summed E-state index contributed by atoms with van der Waals surface area (Å²) in [6, 6.07) is 8.98. The fourth-order valence-corrected chi connectivity index (χ4v) is 4.58. The Morgan fingerprint density at radius 2 is 1.65 bits per heavy atom. The van der Waals surface area contributed by atoms with Crippen molar-refractivity contribution in [3.8, 4) is 0 Å². The summed E-state index contributed by atoms with van der Waals surface area (Å²) < 4.78 is 24.4. The number of rotatable bonds is 0. The van der Waals surface area contributed by atoms with E-state index in [-0.39, 0.29) is 34.0 Å². The molecule has 0 saturated carbocycles. The number of benzene rings is 2. The van der Waals surface area contributed by atoms with Crippen molar-refractivity contribution in [2.24, 2.45) is 0 Å². The smallest absolute Gasteiger partial charge is 0.211 e. The predicted molar refractivity (Wildman–Crippen MR) is 86.2 cm³/mol. The summed E-state index contributed by atoms with van der Waals surface area (Å²) in [6.07, 6.45) is 0. The summed E-state index contributed by atoms with van der Waals surface area (Å²) in [5.41, 5.74) is 1.39. The van der Waals surface area contributed by atoms with Crippen LogP contribution in [-0.4, -0.2) is 32.3 Å². The van der Waals surface area contributed by atoms with Gasteiger partial charge in [-0.2, -0.15) is 0 Å². The highest BCUT2D eigenvalue weighted by Gasteiger charge is 2.41. The number of hydrogen-bond acceptors (Lipinski definition) is 5. The number of carbonyl (C=O) groups is 2. The SMILES string of the molecule is Cc1ccc2cc3c(cc2c1)C(=O)C1=C(C3=O)S(=O)(=O)CCN1. The first kappa shape index (κ1) is 14.1. The molecule has 0 amide bonds. The molecule has 1 aliphatic carbocycles. The van der Waals surface area contributed by atoms with E-state index in [0.29, 0.717) is 0 Å². The van der Waals surface area contributed by atoms with Gasteiger partial charge < -0.3 is 5.32 Å². The Hall–Kier alpha value is -2.47. The lowest BCUT2D eigenvalue weighted by molar-refractivity contribution is 0.0974. The first-order valence-electron chi connectivity index (χ1n) is 7.23. The van der Waals surface area contributed by atoms with Crippen molar-refractivity contribution < 1.29 is 18.0 Å². The molecule has 0 spiro atoms. The van der Waals surface area contributed by atoms with E-state index in [1.165, 1.54) is 0 Å². The third-order valence-corrected chi connectivity index (χ3v) is 6.02.